The highest BCUT2D eigenvalue weighted by Gasteiger charge is 2.15. The Labute approximate surface area is 176 Å². The maximum atomic E-state index is 12.4. The second kappa shape index (κ2) is 11.4. The normalized spacial score (nSPS) is 10.3. The van der Waals surface area contributed by atoms with Crippen LogP contribution in [0.1, 0.15) is 27.9 Å². The van der Waals surface area contributed by atoms with E-state index in [0.717, 1.165) is 18.4 Å². The number of aryl methyl sites for hydroxylation is 1. The fourth-order valence-electron chi connectivity index (χ4n) is 2.92. The maximum Gasteiger partial charge on any atom is 0.342 e. The van der Waals surface area contributed by atoms with Crippen LogP contribution in [0.5, 0.6) is 5.75 Å². The molecule has 1 amide bonds. The lowest BCUT2D eigenvalue weighted by Crippen LogP contribution is -2.29. The summed E-state index contributed by atoms with van der Waals surface area (Å²) in [4.78, 5) is 24.4. The quantitative estimate of drug-likeness (QED) is 0.408. The highest BCUT2D eigenvalue weighted by molar-refractivity contribution is 5.93. The Morgan fingerprint density at radius 1 is 0.767 bits per heavy atom. The molecule has 0 aliphatic rings. The van der Waals surface area contributed by atoms with E-state index in [-0.39, 0.29) is 12.5 Å². The number of carbonyl (C=O) groups excluding carboxylic acids is 2. The Hall–Kier alpha value is -3.60. The molecular weight excluding hydrogens is 378 g/mol. The van der Waals surface area contributed by atoms with Crippen LogP contribution in [-0.2, 0) is 22.6 Å². The molecule has 3 aromatic carbocycles. The van der Waals surface area contributed by atoms with E-state index in [9.17, 15) is 9.59 Å². The van der Waals surface area contributed by atoms with Gasteiger partial charge in [-0.3, -0.25) is 4.79 Å². The molecular formula is C25H25NO4. The van der Waals surface area contributed by atoms with Crippen LogP contribution in [0.2, 0.25) is 0 Å². The average Bonchev–Trinajstić information content (AvgIpc) is 2.80. The van der Waals surface area contributed by atoms with Gasteiger partial charge in [0.15, 0.2) is 6.61 Å². The lowest BCUT2D eigenvalue weighted by Gasteiger charge is -2.11. The van der Waals surface area contributed by atoms with Crippen molar-refractivity contribution in [2.75, 3.05) is 13.2 Å². The van der Waals surface area contributed by atoms with Crippen LogP contribution in [0.3, 0.4) is 0 Å². The molecule has 0 fully saturated rings. The van der Waals surface area contributed by atoms with E-state index in [4.69, 9.17) is 9.47 Å². The van der Waals surface area contributed by atoms with Gasteiger partial charge in [0, 0.05) is 6.54 Å². The summed E-state index contributed by atoms with van der Waals surface area (Å²) < 4.78 is 10.9. The van der Waals surface area contributed by atoms with E-state index in [2.05, 4.69) is 17.4 Å². The molecule has 0 unspecified atom stereocenters. The van der Waals surface area contributed by atoms with Gasteiger partial charge in [-0.25, -0.2) is 4.79 Å². The first-order valence-electron chi connectivity index (χ1n) is 9.96. The van der Waals surface area contributed by atoms with Crippen LogP contribution in [0, 0.1) is 0 Å². The second-order valence-corrected chi connectivity index (χ2v) is 6.79. The van der Waals surface area contributed by atoms with Crippen LogP contribution in [0.25, 0.3) is 0 Å². The highest BCUT2D eigenvalue weighted by Crippen LogP contribution is 2.20. The number of rotatable bonds is 10. The topological polar surface area (TPSA) is 64.6 Å². The van der Waals surface area contributed by atoms with Gasteiger partial charge < -0.3 is 14.8 Å². The Morgan fingerprint density at radius 3 is 2.13 bits per heavy atom. The van der Waals surface area contributed by atoms with E-state index >= 15 is 0 Å². The lowest BCUT2D eigenvalue weighted by atomic mass is 10.1. The molecule has 1 N–H and O–H groups in total. The van der Waals surface area contributed by atoms with Gasteiger partial charge in [0.05, 0.1) is 0 Å². The molecule has 0 saturated heterocycles. The third-order valence-corrected chi connectivity index (χ3v) is 4.49. The minimum Gasteiger partial charge on any atom is -0.488 e. The standard InChI is InChI=1S/C25H25NO4/c27-24(26-17-9-14-20-10-3-1-4-11-20)19-30-25(28)22-15-7-8-16-23(22)29-18-21-12-5-2-6-13-21/h1-8,10-13,15-16H,9,14,17-19H2,(H,26,27). The molecule has 3 aromatic rings. The summed E-state index contributed by atoms with van der Waals surface area (Å²) in [6.07, 6.45) is 1.70. The van der Waals surface area contributed by atoms with Gasteiger partial charge in [0.25, 0.3) is 5.91 Å². The molecule has 5 heteroatoms. The fraction of sp³-hybridized carbons (Fsp3) is 0.200. The summed E-state index contributed by atoms with van der Waals surface area (Å²) in [6.45, 7) is 0.548. The molecule has 0 saturated carbocycles. The van der Waals surface area contributed by atoms with Gasteiger partial charge in [-0.2, -0.15) is 0 Å². The van der Waals surface area contributed by atoms with Crippen LogP contribution in [-0.4, -0.2) is 25.0 Å². The number of amides is 1. The first-order valence-corrected chi connectivity index (χ1v) is 9.96. The summed E-state index contributed by atoms with van der Waals surface area (Å²) in [6, 6.07) is 26.6. The number of esters is 1. The zero-order valence-corrected chi connectivity index (χ0v) is 16.8. The van der Waals surface area contributed by atoms with Crippen molar-refractivity contribution in [1.82, 2.24) is 5.32 Å². The zero-order chi connectivity index (χ0) is 21.0. The van der Waals surface area contributed by atoms with Crippen molar-refractivity contribution in [3.05, 3.63) is 102 Å². The number of nitrogens with one attached hydrogen (secondary N) is 1. The molecule has 0 heterocycles. The van der Waals surface area contributed by atoms with Crippen molar-refractivity contribution in [2.24, 2.45) is 0 Å². The second-order valence-electron chi connectivity index (χ2n) is 6.79. The van der Waals surface area contributed by atoms with Gasteiger partial charge in [-0.15, -0.1) is 0 Å². The number of para-hydroxylation sites is 1. The molecule has 0 atom stereocenters. The predicted molar refractivity (Wildman–Crippen MR) is 115 cm³/mol. The van der Waals surface area contributed by atoms with Gasteiger partial charge in [0.2, 0.25) is 0 Å². The summed E-state index contributed by atoms with van der Waals surface area (Å²) in [5.74, 6) is -0.480. The summed E-state index contributed by atoms with van der Waals surface area (Å²) in [7, 11) is 0. The number of carbonyl (C=O) groups is 2. The van der Waals surface area contributed by atoms with Crippen LogP contribution in [0.4, 0.5) is 0 Å². The fourth-order valence-corrected chi connectivity index (χ4v) is 2.92. The van der Waals surface area contributed by atoms with Crippen LogP contribution in [0.15, 0.2) is 84.9 Å². The monoisotopic (exact) mass is 403 g/mol. The minimum absolute atomic E-state index is 0.297. The molecule has 0 spiro atoms. The number of benzene rings is 3. The van der Waals surface area contributed by atoms with E-state index in [1.165, 1.54) is 5.56 Å². The van der Waals surface area contributed by atoms with Crippen molar-refractivity contribution in [1.29, 1.82) is 0 Å². The third-order valence-electron chi connectivity index (χ3n) is 4.49. The summed E-state index contributed by atoms with van der Waals surface area (Å²) in [5, 5.41) is 2.77. The molecule has 0 aromatic heterocycles. The van der Waals surface area contributed by atoms with E-state index in [1.54, 1.807) is 24.3 Å². The Balaban J connectivity index is 1.42. The van der Waals surface area contributed by atoms with Crippen LogP contribution < -0.4 is 10.1 Å². The maximum absolute atomic E-state index is 12.4. The number of ether oxygens (including phenoxy) is 2. The predicted octanol–water partition coefficient (Wildman–Crippen LogP) is 4.17. The molecule has 0 bridgehead atoms. The van der Waals surface area contributed by atoms with Gasteiger partial charge >= 0.3 is 5.97 Å². The van der Waals surface area contributed by atoms with E-state index in [0.29, 0.717) is 24.5 Å². The lowest BCUT2D eigenvalue weighted by molar-refractivity contribution is -0.124. The molecule has 0 radical (unpaired) electrons. The number of hydrogen-bond donors (Lipinski definition) is 1. The van der Waals surface area contributed by atoms with E-state index < -0.39 is 5.97 Å². The SMILES string of the molecule is O=C(COC(=O)c1ccccc1OCc1ccccc1)NCCCc1ccccc1. The van der Waals surface area contributed by atoms with Gasteiger partial charge in [-0.1, -0.05) is 72.8 Å². The molecule has 0 aliphatic heterocycles. The Bertz CT molecular complexity index is 942. The molecule has 30 heavy (non-hydrogen) atoms. The largest absolute Gasteiger partial charge is 0.488 e. The summed E-state index contributed by atoms with van der Waals surface area (Å²) in [5.41, 5.74) is 2.52. The van der Waals surface area contributed by atoms with Gasteiger partial charge in [0.1, 0.15) is 17.9 Å². The minimum atomic E-state index is -0.585. The highest BCUT2D eigenvalue weighted by atomic mass is 16.5. The van der Waals surface area contributed by atoms with Crippen molar-refractivity contribution < 1.29 is 19.1 Å². The summed E-state index contributed by atoms with van der Waals surface area (Å²) >= 11 is 0. The smallest absolute Gasteiger partial charge is 0.342 e. The van der Waals surface area contributed by atoms with Crippen molar-refractivity contribution in [3.63, 3.8) is 0 Å². The Morgan fingerprint density at radius 2 is 1.40 bits per heavy atom. The first-order chi connectivity index (χ1) is 14.7. The average molecular weight is 403 g/mol. The van der Waals surface area contributed by atoms with Crippen molar-refractivity contribution in [2.45, 2.75) is 19.4 Å². The molecule has 3 rings (SSSR count). The number of hydrogen-bond acceptors (Lipinski definition) is 4. The zero-order valence-electron chi connectivity index (χ0n) is 16.8. The first kappa shape index (κ1) is 21.1. The van der Waals surface area contributed by atoms with Crippen molar-refractivity contribution >= 4 is 11.9 Å². The molecule has 0 aliphatic carbocycles. The third kappa shape index (κ3) is 6.78. The van der Waals surface area contributed by atoms with Gasteiger partial charge in [-0.05, 0) is 36.1 Å². The molecule has 154 valence electrons. The Kier molecular flexibility index (Phi) is 8.03. The molecule has 5 nitrogen and oxygen atoms in total. The van der Waals surface area contributed by atoms with Crippen molar-refractivity contribution in [3.8, 4) is 5.75 Å². The van der Waals surface area contributed by atoms with Crippen LogP contribution >= 0.6 is 0 Å². The van der Waals surface area contributed by atoms with E-state index in [1.807, 2.05) is 48.5 Å².